The number of carbonyl (C=O) groups is 1. The molecular weight excluding hydrogens is 324 g/mol. The predicted molar refractivity (Wildman–Crippen MR) is 104 cm³/mol. The summed E-state index contributed by atoms with van der Waals surface area (Å²) in [6, 6.07) is 8.21. The summed E-state index contributed by atoms with van der Waals surface area (Å²) in [5.41, 5.74) is 4.66. The lowest BCUT2D eigenvalue weighted by molar-refractivity contribution is -0.117. The van der Waals surface area contributed by atoms with Gasteiger partial charge < -0.3 is 9.80 Å². The molecule has 0 N–H and O–H groups in total. The van der Waals surface area contributed by atoms with Gasteiger partial charge >= 0.3 is 0 Å². The molecule has 5 heteroatoms. The van der Waals surface area contributed by atoms with E-state index in [0.717, 1.165) is 50.3 Å². The van der Waals surface area contributed by atoms with Gasteiger partial charge in [0.2, 0.25) is 5.91 Å². The first-order chi connectivity index (χ1) is 12.6. The molecule has 0 saturated carbocycles. The number of carbonyl (C=O) groups excluding carboxylic acids is 1. The van der Waals surface area contributed by atoms with Gasteiger partial charge in [-0.1, -0.05) is 13.8 Å². The topological polar surface area (TPSA) is 41.4 Å². The van der Waals surface area contributed by atoms with Crippen molar-refractivity contribution in [2.45, 2.75) is 39.5 Å². The number of nitrogens with zero attached hydrogens (tertiary/aromatic N) is 4. The van der Waals surface area contributed by atoms with E-state index in [1.807, 2.05) is 21.7 Å². The first kappa shape index (κ1) is 17.3. The number of benzene rings is 1. The lowest BCUT2D eigenvalue weighted by Gasteiger charge is -2.21. The zero-order chi connectivity index (χ0) is 18.1. The smallest absolute Gasteiger partial charge is 0.227 e. The van der Waals surface area contributed by atoms with E-state index >= 15 is 0 Å². The van der Waals surface area contributed by atoms with E-state index < -0.39 is 0 Å². The minimum absolute atomic E-state index is 0.231. The number of rotatable bonds is 4. The lowest BCUT2D eigenvalue weighted by atomic mass is 10.2. The Balaban J connectivity index is 1.48. The molecule has 0 radical (unpaired) electrons. The Labute approximate surface area is 155 Å². The van der Waals surface area contributed by atoms with Crippen LogP contribution in [-0.2, 0) is 17.6 Å². The van der Waals surface area contributed by atoms with Gasteiger partial charge in [0.15, 0.2) is 0 Å². The van der Waals surface area contributed by atoms with Gasteiger partial charge in [-0.2, -0.15) is 5.10 Å². The second kappa shape index (κ2) is 7.23. The average molecular weight is 352 g/mol. The highest BCUT2D eigenvalue weighted by molar-refractivity contribution is 5.95. The Morgan fingerprint density at radius 2 is 1.73 bits per heavy atom. The SMILES string of the molecule is CC(C)CN1CCc2cn(-c3ccc(N4CCCC4=O)cc3)nc2CC1. The fourth-order valence-corrected chi connectivity index (χ4v) is 4.06. The number of aromatic nitrogens is 2. The Morgan fingerprint density at radius 1 is 1.00 bits per heavy atom. The maximum atomic E-state index is 11.9. The van der Waals surface area contributed by atoms with Gasteiger partial charge in [0, 0.05) is 50.9 Å². The number of fused-ring (bicyclic) bond motifs is 1. The number of anilines is 1. The molecule has 0 unspecified atom stereocenters. The molecule has 2 aliphatic heterocycles. The van der Waals surface area contributed by atoms with Crippen molar-refractivity contribution in [3.8, 4) is 5.69 Å². The quantitative estimate of drug-likeness (QED) is 0.849. The molecule has 26 heavy (non-hydrogen) atoms. The molecule has 2 aliphatic rings. The van der Waals surface area contributed by atoms with Gasteiger partial charge in [0.1, 0.15) is 0 Å². The zero-order valence-corrected chi connectivity index (χ0v) is 15.8. The van der Waals surface area contributed by atoms with Crippen molar-refractivity contribution in [2.24, 2.45) is 5.92 Å². The van der Waals surface area contributed by atoms with Crippen LogP contribution in [0.5, 0.6) is 0 Å². The Morgan fingerprint density at radius 3 is 2.42 bits per heavy atom. The molecule has 4 rings (SSSR count). The standard InChI is InChI=1S/C21H28N4O/c1-16(2)14-23-12-9-17-15-25(22-20(17)10-13-23)19-7-5-18(6-8-19)24-11-3-4-21(24)26/h5-8,15-16H,3-4,9-14H2,1-2H3. The molecule has 3 heterocycles. The van der Waals surface area contributed by atoms with Crippen molar-refractivity contribution in [1.82, 2.24) is 14.7 Å². The van der Waals surface area contributed by atoms with Crippen LogP contribution in [0.3, 0.4) is 0 Å². The van der Waals surface area contributed by atoms with Gasteiger partial charge in [-0.05, 0) is 48.6 Å². The summed E-state index contributed by atoms with van der Waals surface area (Å²) in [5, 5.41) is 4.85. The number of hydrogen-bond donors (Lipinski definition) is 0. The van der Waals surface area contributed by atoms with E-state index in [-0.39, 0.29) is 5.91 Å². The summed E-state index contributed by atoms with van der Waals surface area (Å²) in [5.74, 6) is 0.941. The third-order valence-corrected chi connectivity index (χ3v) is 5.36. The van der Waals surface area contributed by atoms with Crippen LogP contribution in [0.2, 0.25) is 0 Å². The number of amides is 1. The van der Waals surface area contributed by atoms with Crippen LogP contribution >= 0.6 is 0 Å². The third kappa shape index (κ3) is 3.54. The van der Waals surface area contributed by atoms with Crippen LogP contribution in [0.1, 0.15) is 37.9 Å². The van der Waals surface area contributed by atoms with E-state index in [1.54, 1.807) is 0 Å². The summed E-state index contributed by atoms with van der Waals surface area (Å²) in [4.78, 5) is 16.3. The van der Waals surface area contributed by atoms with Gasteiger partial charge in [-0.15, -0.1) is 0 Å². The Bertz CT molecular complexity index is 752. The highest BCUT2D eigenvalue weighted by Gasteiger charge is 2.22. The maximum absolute atomic E-state index is 11.9. The van der Waals surface area contributed by atoms with Crippen LogP contribution in [0.25, 0.3) is 5.69 Å². The summed E-state index contributed by atoms with van der Waals surface area (Å²) in [6.07, 6.45) is 5.91. The van der Waals surface area contributed by atoms with Crippen molar-refractivity contribution in [3.05, 3.63) is 41.7 Å². The largest absolute Gasteiger partial charge is 0.312 e. The minimum Gasteiger partial charge on any atom is -0.312 e. The van der Waals surface area contributed by atoms with Crippen LogP contribution in [0, 0.1) is 5.92 Å². The zero-order valence-electron chi connectivity index (χ0n) is 15.8. The Hall–Kier alpha value is -2.14. The first-order valence-corrected chi connectivity index (χ1v) is 9.81. The third-order valence-electron chi connectivity index (χ3n) is 5.36. The van der Waals surface area contributed by atoms with Gasteiger partial charge in [-0.25, -0.2) is 4.68 Å². The fourth-order valence-electron chi connectivity index (χ4n) is 4.06. The molecule has 0 bridgehead atoms. The van der Waals surface area contributed by atoms with E-state index in [1.165, 1.54) is 17.8 Å². The minimum atomic E-state index is 0.231. The summed E-state index contributed by atoms with van der Waals surface area (Å²) >= 11 is 0. The lowest BCUT2D eigenvalue weighted by Crippen LogP contribution is -2.30. The highest BCUT2D eigenvalue weighted by Crippen LogP contribution is 2.24. The van der Waals surface area contributed by atoms with Crippen molar-refractivity contribution >= 4 is 11.6 Å². The molecule has 0 spiro atoms. The first-order valence-electron chi connectivity index (χ1n) is 9.81. The molecule has 1 aromatic heterocycles. The molecule has 1 fully saturated rings. The molecule has 1 saturated heterocycles. The van der Waals surface area contributed by atoms with E-state index in [0.29, 0.717) is 12.3 Å². The predicted octanol–water partition coefficient (Wildman–Crippen LogP) is 3.06. The molecular formula is C21H28N4O. The second-order valence-electron chi connectivity index (χ2n) is 7.91. The molecule has 138 valence electrons. The van der Waals surface area contributed by atoms with Crippen LogP contribution in [0.4, 0.5) is 5.69 Å². The molecule has 1 amide bonds. The maximum Gasteiger partial charge on any atom is 0.227 e. The summed E-state index contributed by atoms with van der Waals surface area (Å²) in [7, 11) is 0. The van der Waals surface area contributed by atoms with Crippen molar-refractivity contribution in [2.75, 3.05) is 31.1 Å². The van der Waals surface area contributed by atoms with Gasteiger partial charge in [-0.3, -0.25) is 4.79 Å². The van der Waals surface area contributed by atoms with Gasteiger partial charge in [0.25, 0.3) is 0 Å². The van der Waals surface area contributed by atoms with E-state index in [4.69, 9.17) is 5.10 Å². The van der Waals surface area contributed by atoms with Crippen LogP contribution in [0.15, 0.2) is 30.5 Å². The molecule has 0 atom stereocenters. The summed E-state index contributed by atoms with van der Waals surface area (Å²) < 4.78 is 2.00. The molecule has 5 nitrogen and oxygen atoms in total. The molecule has 1 aromatic carbocycles. The molecule has 0 aliphatic carbocycles. The Kier molecular flexibility index (Phi) is 4.81. The van der Waals surface area contributed by atoms with E-state index in [2.05, 4.69) is 37.1 Å². The number of hydrogen-bond acceptors (Lipinski definition) is 3. The molecule has 2 aromatic rings. The van der Waals surface area contributed by atoms with Gasteiger partial charge in [0.05, 0.1) is 11.4 Å². The average Bonchev–Trinajstić information content (AvgIpc) is 3.19. The van der Waals surface area contributed by atoms with Crippen molar-refractivity contribution in [1.29, 1.82) is 0 Å². The fraction of sp³-hybridized carbons (Fsp3) is 0.524. The van der Waals surface area contributed by atoms with Crippen molar-refractivity contribution in [3.63, 3.8) is 0 Å². The second-order valence-corrected chi connectivity index (χ2v) is 7.91. The van der Waals surface area contributed by atoms with E-state index in [9.17, 15) is 4.79 Å². The van der Waals surface area contributed by atoms with Crippen molar-refractivity contribution < 1.29 is 4.79 Å². The van der Waals surface area contributed by atoms with Crippen LogP contribution in [-0.4, -0.2) is 46.8 Å². The normalized spacial score (nSPS) is 18.4. The monoisotopic (exact) mass is 352 g/mol. The summed E-state index contributed by atoms with van der Waals surface area (Å²) in [6.45, 7) is 8.78. The highest BCUT2D eigenvalue weighted by atomic mass is 16.2. The van der Waals surface area contributed by atoms with Crippen LogP contribution < -0.4 is 4.90 Å².